The molecule has 0 spiro atoms. The van der Waals surface area contributed by atoms with E-state index in [9.17, 15) is 0 Å². The number of halogens is 1. The lowest BCUT2D eigenvalue weighted by Gasteiger charge is -2.25. The first-order chi connectivity index (χ1) is 6.81. The minimum Gasteiger partial charge on any atom is -0.309 e. The van der Waals surface area contributed by atoms with Crippen molar-refractivity contribution in [2.24, 2.45) is 0 Å². The lowest BCUT2D eigenvalue weighted by Crippen LogP contribution is -2.26. The fourth-order valence-corrected chi connectivity index (χ4v) is 3.33. The molecular formula is C11H14BrNS. The zero-order valence-corrected chi connectivity index (χ0v) is 10.6. The molecule has 1 atom stereocenters. The monoisotopic (exact) mass is 271 g/mol. The molecule has 1 unspecified atom stereocenters. The molecule has 1 aromatic rings. The number of benzene rings is 1. The minimum atomic E-state index is 0.534. The molecule has 0 fully saturated rings. The summed E-state index contributed by atoms with van der Waals surface area (Å²) in [6.07, 6.45) is 0. The standard InChI is InChI=1S/C11H14BrNS/c1-2-13-11-7-14-6-8-3-4-9(12)5-10(8)11/h3-5,11,13H,2,6-7H2,1H3. The maximum atomic E-state index is 3.53. The normalized spacial score (nSPS) is 20.6. The van der Waals surface area contributed by atoms with Crippen LogP contribution in [0.2, 0.25) is 0 Å². The van der Waals surface area contributed by atoms with Crippen molar-refractivity contribution in [3.63, 3.8) is 0 Å². The van der Waals surface area contributed by atoms with E-state index >= 15 is 0 Å². The summed E-state index contributed by atoms with van der Waals surface area (Å²) in [6.45, 7) is 3.20. The van der Waals surface area contributed by atoms with Crippen molar-refractivity contribution in [2.75, 3.05) is 12.3 Å². The average molecular weight is 272 g/mol. The van der Waals surface area contributed by atoms with E-state index in [4.69, 9.17) is 0 Å². The van der Waals surface area contributed by atoms with Gasteiger partial charge in [-0.3, -0.25) is 0 Å². The summed E-state index contributed by atoms with van der Waals surface area (Å²) in [5, 5.41) is 3.53. The minimum absolute atomic E-state index is 0.534. The van der Waals surface area contributed by atoms with Gasteiger partial charge in [0, 0.05) is 22.0 Å². The van der Waals surface area contributed by atoms with Gasteiger partial charge < -0.3 is 5.32 Å². The van der Waals surface area contributed by atoms with E-state index in [0.717, 1.165) is 12.3 Å². The molecular weight excluding hydrogens is 258 g/mol. The highest BCUT2D eigenvalue weighted by atomic mass is 79.9. The van der Waals surface area contributed by atoms with E-state index in [0.29, 0.717) is 6.04 Å². The third kappa shape index (κ3) is 2.15. The van der Waals surface area contributed by atoms with Crippen LogP contribution in [0.5, 0.6) is 0 Å². The number of nitrogens with one attached hydrogen (secondary N) is 1. The predicted octanol–water partition coefficient (Wildman–Crippen LogP) is 3.35. The molecule has 0 saturated heterocycles. The Kier molecular flexibility index (Phi) is 3.52. The quantitative estimate of drug-likeness (QED) is 0.886. The molecule has 1 N–H and O–H groups in total. The van der Waals surface area contributed by atoms with Crippen molar-refractivity contribution >= 4 is 27.7 Å². The van der Waals surface area contributed by atoms with Crippen molar-refractivity contribution in [3.05, 3.63) is 33.8 Å². The maximum absolute atomic E-state index is 3.53. The molecule has 0 amide bonds. The maximum Gasteiger partial charge on any atom is 0.0415 e. The molecule has 3 heteroatoms. The molecule has 1 heterocycles. The highest BCUT2D eigenvalue weighted by Gasteiger charge is 2.19. The molecule has 1 aliphatic heterocycles. The second-order valence-corrected chi connectivity index (χ2v) is 5.41. The third-order valence-corrected chi connectivity index (χ3v) is 4.05. The van der Waals surface area contributed by atoms with E-state index in [2.05, 4.69) is 46.4 Å². The van der Waals surface area contributed by atoms with Gasteiger partial charge in [0.1, 0.15) is 0 Å². The zero-order valence-electron chi connectivity index (χ0n) is 8.22. The summed E-state index contributed by atoms with van der Waals surface area (Å²) >= 11 is 5.55. The van der Waals surface area contributed by atoms with Gasteiger partial charge in [0.15, 0.2) is 0 Å². The van der Waals surface area contributed by atoms with Crippen LogP contribution in [0.4, 0.5) is 0 Å². The van der Waals surface area contributed by atoms with Crippen LogP contribution in [-0.2, 0) is 5.75 Å². The Hall–Kier alpha value is 0.01000. The fourth-order valence-electron chi connectivity index (χ4n) is 1.81. The lowest BCUT2D eigenvalue weighted by atomic mass is 10.0. The molecule has 0 bridgehead atoms. The van der Waals surface area contributed by atoms with Crippen LogP contribution in [0.1, 0.15) is 24.1 Å². The largest absolute Gasteiger partial charge is 0.309 e. The van der Waals surface area contributed by atoms with Gasteiger partial charge in [0.25, 0.3) is 0 Å². The smallest absolute Gasteiger partial charge is 0.0415 e. The second kappa shape index (κ2) is 4.69. The van der Waals surface area contributed by atoms with Crippen LogP contribution in [-0.4, -0.2) is 12.3 Å². The Balaban J connectivity index is 2.32. The Morgan fingerprint density at radius 3 is 3.21 bits per heavy atom. The van der Waals surface area contributed by atoms with E-state index < -0.39 is 0 Å². The summed E-state index contributed by atoms with van der Waals surface area (Å²) < 4.78 is 1.19. The number of fused-ring (bicyclic) bond motifs is 1. The van der Waals surface area contributed by atoms with Gasteiger partial charge in [-0.2, -0.15) is 11.8 Å². The van der Waals surface area contributed by atoms with Crippen LogP contribution < -0.4 is 5.32 Å². The van der Waals surface area contributed by atoms with E-state index in [1.54, 1.807) is 0 Å². The van der Waals surface area contributed by atoms with E-state index in [-0.39, 0.29) is 0 Å². The summed E-state index contributed by atoms with van der Waals surface area (Å²) in [4.78, 5) is 0. The average Bonchev–Trinajstić information content (AvgIpc) is 2.19. The van der Waals surface area contributed by atoms with Crippen molar-refractivity contribution < 1.29 is 0 Å². The molecule has 2 rings (SSSR count). The van der Waals surface area contributed by atoms with Gasteiger partial charge in [-0.15, -0.1) is 0 Å². The van der Waals surface area contributed by atoms with E-state index in [1.165, 1.54) is 21.4 Å². The number of hydrogen-bond acceptors (Lipinski definition) is 2. The van der Waals surface area contributed by atoms with Crippen LogP contribution in [0, 0.1) is 0 Å². The van der Waals surface area contributed by atoms with Gasteiger partial charge in [-0.1, -0.05) is 28.9 Å². The SMILES string of the molecule is CCNC1CSCc2ccc(Br)cc21. The van der Waals surface area contributed by atoms with Gasteiger partial charge in [-0.05, 0) is 29.8 Å². The summed E-state index contributed by atoms with van der Waals surface area (Å²) in [6, 6.07) is 7.15. The Morgan fingerprint density at radius 2 is 2.43 bits per heavy atom. The Bertz CT molecular complexity index is 327. The van der Waals surface area contributed by atoms with E-state index in [1.807, 2.05) is 11.8 Å². The zero-order chi connectivity index (χ0) is 9.97. The van der Waals surface area contributed by atoms with Gasteiger partial charge >= 0.3 is 0 Å². The Labute approximate surface area is 97.8 Å². The summed E-state index contributed by atoms with van der Waals surface area (Å²) in [7, 11) is 0. The first-order valence-electron chi connectivity index (χ1n) is 4.90. The molecule has 76 valence electrons. The highest BCUT2D eigenvalue weighted by molar-refractivity contribution is 9.10. The third-order valence-electron chi connectivity index (χ3n) is 2.48. The van der Waals surface area contributed by atoms with Crippen LogP contribution >= 0.6 is 27.7 Å². The molecule has 0 saturated carbocycles. The van der Waals surface area contributed by atoms with Crippen LogP contribution in [0.25, 0.3) is 0 Å². The van der Waals surface area contributed by atoms with Crippen molar-refractivity contribution in [3.8, 4) is 0 Å². The molecule has 0 radical (unpaired) electrons. The predicted molar refractivity (Wildman–Crippen MR) is 66.7 cm³/mol. The number of hydrogen-bond donors (Lipinski definition) is 1. The Morgan fingerprint density at radius 1 is 1.57 bits per heavy atom. The number of rotatable bonds is 2. The topological polar surface area (TPSA) is 12.0 Å². The molecule has 14 heavy (non-hydrogen) atoms. The molecule has 1 aromatic carbocycles. The molecule has 1 aliphatic rings. The fraction of sp³-hybridized carbons (Fsp3) is 0.455. The second-order valence-electron chi connectivity index (χ2n) is 3.47. The van der Waals surface area contributed by atoms with Gasteiger partial charge in [0.05, 0.1) is 0 Å². The lowest BCUT2D eigenvalue weighted by molar-refractivity contribution is 0.598. The van der Waals surface area contributed by atoms with Crippen LogP contribution in [0.3, 0.4) is 0 Å². The summed E-state index contributed by atoms with van der Waals surface area (Å²) in [5.74, 6) is 2.35. The highest BCUT2D eigenvalue weighted by Crippen LogP contribution is 2.33. The first kappa shape index (κ1) is 10.5. The molecule has 0 aliphatic carbocycles. The molecule has 0 aromatic heterocycles. The first-order valence-corrected chi connectivity index (χ1v) is 6.85. The van der Waals surface area contributed by atoms with Gasteiger partial charge in [0.2, 0.25) is 0 Å². The van der Waals surface area contributed by atoms with Gasteiger partial charge in [-0.25, -0.2) is 0 Å². The van der Waals surface area contributed by atoms with Crippen molar-refractivity contribution in [2.45, 2.75) is 18.7 Å². The van der Waals surface area contributed by atoms with Crippen molar-refractivity contribution in [1.82, 2.24) is 5.32 Å². The van der Waals surface area contributed by atoms with Crippen molar-refractivity contribution in [1.29, 1.82) is 0 Å². The molecule has 1 nitrogen and oxygen atoms in total. The number of thioether (sulfide) groups is 1. The summed E-state index contributed by atoms with van der Waals surface area (Å²) in [5.41, 5.74) is 2.95. The van der Waals surface area contributed by atoms with Crippen LogP contribution in [0.15, 0.2) is 22.7 Å².